The number of hydrogen-bond acceptors (Lipinski definition) is 5. The topological polar surface area (TPSA) is 75.2 Å². The molecule has 1 N–H and O–H groups in total. The van der Waals surface area contributed by atoms with Crippen molar-refractivity contribution in [1.82, 2.24) is 20.2 Å². The number of carbonyl (C=O) groups is 2. The average molecular weight is 409 g/mol. The number of likely N-dealkylation sites (tertiary alicyclic amines) is 1. The van der Waals surface area contributed by atoms with Gasteiger partial charge in [0.1, 0.15) is 0 Å². The molecule has 0 spiro atoms. The van der Waals surface area contributed by atoms with Gasteiger partial charge in [-0.05, 0) is 36.6 Å². The van der Waals surface area contributed by atoms with Gasteiger partial charge in [0.25, 0.3) is 0 Å². The van der Waals surface area contributed by atoms with Crippen LogP contribution in [0.1, 0.15) is 29.8 Å². The van der Waals surface area contributed by atoms with Crippen molar-refractivity contribution in [2.24, 2.45) is 5.92 Å². The van der Waals surface area contributed by atoms with Crippen LogP contribution in [-0.4, -0.2) is 39.8 Å². The normalized spacial score (nSPS) is 14.8. The molecule has 1 saturated heterocycles. The Balaban J connectivity index is 1.21. The summed E-state index contributed by atoms with van der Waals surface area (Å²) in [4.78, 5) is 35.5. The summed E-state index contributed by atoms with van der Waals surface area (Å²) in [5, 5.41) is 3.99. The number of piperidine rings is 1. The summed E-state index contributed by atoms with van der Waals surface area (Å²) >= 11 is 1.65. The number of aromatic nitrogens is 2. The molecule has 2 aromatic heterocycles. The number of thiazole rings is 1. The summed E-state index contributed by atoms with van der Waals surface area (Å²) in [6, 6.07) is 11.9. The van der Waals surface area contributed by atoms with Gasteiger partial charge in [-0.3, -0.25) is 14.6 Å². The van der Waals surface area contributed by atoms with E-state index in [1.807, 2.05) is 35.2 Å². The van der Waals surface area contributed by atoms with Crippen LogP contribution in [0.4, 0.5) is 0 Å². The zero-order valence-electron chi connectivity index (χ0n) is 16.2. The Labute approximate surface area is 174 Å². The van der Waals surface area contributed by atoms with Gasteiger partial charge in [-0.15, -0.1) is 11.3 Å². The first-order chi connectivity index (χ1) is 14.2. The van der Waals surface area contributed by atoms with Gasteiger partial charge in [0.15, 0.2) is 0 Å². The average Bonchev–Trinajstić information content (AvgIpc) is 3.20. The number of rotatable bonds is 6. The highest BCUT2D eigenvalue weighted by atomic mass is 32.1. The molecular formula is C22H24N4O2S. The molecule has 0 aliphatic carbocycles. The van der Waals surface area contributed by atoms with Crippen LogP contribution < -0.4 is 5.32 Å². The van der Waals surface area contributed by atoms with E-state index in [1.54, 1.807) is 23.7 Å². The van der Waals surface area contributed by atoms with Gasteiger partial charge in [0.05, 0.1) is 15.2 Å². The van der Waals surface area contributed by atoms with Crippen molar-refractivity contribution in [1.29, 1.82) is 0 Å². The highest BCUT2D eigenvalue weighted by Crippen LogP contribution is 2.23. The van der Waals surface area contributed by atoms with Crippen LogP contribution in [0.5, 0.6) is 0 Å². The minimum absolute atomic E-state index is 0.0278. The largest absolute Gasteiger partial charge is 0.352 e. The number of hydrogen-bond donors (Lipinski definition) is 1. The summed E-state index contributed by atoms with van der Waals surface area (Å²) in [6.45, 7) is 1.78. The maximum absolute atomic E-state index is 12.6. The molecule has 29 heavy (non-hydrogen) atoms. The van der Waals surface area contributed by atoms with Crippen molar-refractivity contribution in [2.75, 3.05) is 13.1 Å². The first-order valence-electron chi connectivity index (χ1n) is 9.98. The molecule has 0 atom stereocenters. The highest BCUT2D eigenvalue weighted by Gasteiger charge is 2.27. The molecule has 0 unspecified atom stereocenters. The number of pyridine rings is 1. The van der Waals surface area contributed by atoms with Gasteiger partial charge in [0, 0.05) is 50.8 Å². The maximum Gasteiger partial charge on any atom is 0.223 e. The van der Waals surface area contributed by atoms with Crippen molar-refractivity contribution in [2.45, 2.75) is 32.2 Å². The Hall–Kier alpha value is -2.80. The van der Waals surface area contributed by atoms with Crippen LogP contribution in [0.2, 0.25) is 0 Å². The zero-order valence-corrected chi connectivity index (χ0v) is 17.0. The lowest BCUT2D eigenvalue weighted by Crippen LogP contribution is -2.43. The number of nitrogens with one attached hydrogen (secondary N) is 1. The summed E-state index contributed by atoms with van der Waals surface area (Å²) in [7, 11) is 0. The Bertz CT molecular complexity index is 948. The van der Waals surface area contributed by atoms with Crippen molar-refractivity contribution >= 4 is 33.4 Å². The fraction of sp³-hybridized carbons (Fsp3) is 0.364. The molecule has 3 aromatic rings. The third-order valence-corrected chi connectivity index (χ3v) is 6.40. The maximum atomic E-state index is 12.6. The number of amides is 2. The lowest BCUT2D eigenvalue weighted by Gasteiger charge is -2.31. The van der Waals surface area contributed by atoms with E-state index in [2.05, 4.69) is 21.4 Å². The predicted octanol–water partition coefficient (Wildman–Crippen LogP) is 3.18. The van der Waals surface area contributed by atoms with E-state index in [-0.39, 0.29) is 17.7 Å². The fourth-order valence-electron chi connectivity index (χ4n) is 3.63. The predicted molar refractivity (Wildman–Crippen MR) is 113 cm³/mol. The van der Waals surface area contributed by atoms with E-state index in [0.717, 1.165) is 20.8 Å². The minimum atomic E-state index is -0.0278. The van der Waals surface area contributed by atoms with Gasteiger partial charge < -0.3 is 10.2 Å². The quantitative estimate of drug-likeness (QED) is 0.680. The Morgan fingerprint density at radius 2 is 1.97 bits per heavy atom. The Kier molecular flexibility index (Phi) is 6.14. The smallest absolute Gasteiger partial charge is 0.223 e. The van der Waals surface area contributed by atoms with Gasteiger partial charge in [-0.2, -0.15) is 0 Å². The fourth-order valence-corrected chi connectivity index (χ4v) is 4.59. The molecule has 3 heterocycles. The van der Waals surface area contributed by atoms with E-state index in [0.29, 0.717) is 45.3 Å². The molecule has 150 valence electrons. The second-order valence-electron chi connectivity index (χ2n) is 7.31. The number of nitrogens with zero attached hydrogens (tertiary/aromatic N) is 3. The molecule has 0 bridgehead atoms. The zero-order chi connectivity index (χ0) is 20.1. The van der Waals surface area contributed by atoms with Gasteiger partial charge >= 0.3 is 0 Å². The second kappa shape index (κ2) is 9.13. The van der Waals surface area contributed by atoms with Crippen LogP contribution in [0.25, 0.3) is 10.2 Å². The number of carbonyl (C=O) groups excluding carboxylic acids is 2. The summed E-state index contributed by atoms with van der Waals surface area (Å²) in [5.74, 6) is 0.189. The van der Waals surface area contributed by atoms with Crippen LogP contribution in [0, 0.1) is 5.92 Å². The van der Waals surface area contributed by atoms with E-state index in [4.69, 9.17) is 0 Å². The van der Waals surface area contributed by atoms with Gasteiger partial charge in [-0.1, -0.05) is 18.2 Å². The van der Waals surface area contributed by atoms with E-state index < -0.39 is 0 Å². The lowest BCUT2D eigenvalue weighted by atomic mass is 9.95. The number of aryl methyl sites for hydroxylation is 1. The van der Waals surface area contributed by atoms with Gasteiger partial charge in [-0.25, -0.2) is 4.98 Å². The summed E-state index contributed by atoms with van der Waals surface area (Å²) < 4.78 is 1.16. The van der Waals surface area contributed by atoms with E-state index in [9.17, 15) is 9.59 Å². The Morgan fingerprint density at radius 3 is 2.72 bits per heavy atom. The van der Waals surface area contributed by atoms with Crippen molar-refractivity contribution in [3.63, 3.8) is 0 Å². The van der Waals surface area contributed by atoms with E-state index in [1.165, 1.54) is 0 Å². The molecule has 0 radical (unpaired) electrons. The van der Waals surface area contributed by atoms with Crippen LogP contribution in [0.3, 0.4) is 0 Å². The third kappa shape index (κ3) is 4.98. The minimum Gasteiger partial charge on any atom is -0.352 e. The monoisotopic (exact) mass is 408 g/mol. The SMILES string of the molecule is O=C(NCc1cccnc1)C1CCN(C(=O)CCc2nc3ccccc3s2)CC1. The molecule has 7 heteroatoms. The molecule has 2 amide bonds. The highest BCUT2D eigenvalue weighted by molar-refractivity contribution is 7.18. The lowest BCUT2D eigenvalue weighted by molar-refractivity contribution is -0.135. The number of benzene rings is 1. The van der Waals surface area contributed by atoms with E-state index >= 15 is 0 Å². The summed E-state index contributed by atoms with van der Waals surface area (Å²) in [6.07, 6.45) is 6.04. The molecule has 6 nitrogen and oxygen atoms in total. The molecule has 1 aliphatic rings. The Morgan fingerprint density at radius 1 is 1.14 bits per heavy atom. The second-order valence-corrected chi connectivity index (χ2v) is 8.42. The first kappa shape index (κ1) is 19.5. The van der Waals surface area contributed by atoms with Crippen LogP contribution in [-0.2, 0) is 22.6 Å². The first-order valence-corrected chi connectivity index (χ1v) is 10.8. The molecule has 1 fully saturated rings. The number of para-hydroxylation sites is 1. The molecule has 1 aromatic carbocycles. The molecule has 0 saturated carbocycles. The molecular weight excluding hydrogens is 384 g/mol. The van der Waals surface area contributed by atoms with Crippen LogP contribution in [0.15, 0.2) is 48.8 Å². The standard InChI is InChI=1S/C22H24N4O2S/c27-21(8-7-20-25-18-5-1-2-6-19(18)29-20)26-12-9-17(10-13-26)22(28)24-15-16-4-3-11-23-14-16/h1-6,11,14,17H,7-10,12-13,15H2,(H,24,28). The van der Waals surface area contributed by atoms with Crippen molar-refractivity contribution < 1.29 is 9.59 Å². The van der Waals surface area contributed by atoms with Crippen molar-refractivity contribution in [3.8, 4) is 0 Å². The molecule has 1 aliphatic heterocycles. The van der Waals surface area contributed by atoms with Crippen molar-refractivity contribution in [3.05, 3.63) is 59.4 Å². The summed E-state index contributed by atoms with van der Waals surface area (Å²) in [5.41, 5.74) is 1.99. The number of fused-ring (bicyclic) bond motifs is 1. The molecule has 4 rings (SSSR count). The van der Waals surface area contributed by atoms with Crippen LogP contribution >= 0.6 is 11.3 Å². The van der Waals surface area contributed by atoms with Gasteiger partial charge in [0.2, 0.25) is 11.8 Å². The third-order valence-electron chi connectivity index (χ3n) is 5.30.